The highest BCUT2D eigenvalue weighted by atomic mass is 16.5. The zero-order chi connectivity index (χ0) is 15.9. The second kappa shape index (κ2) is 7.64. The van der Waals surface area contributed by atoms with Crippen molar-refractivity contribution in [3.05, 3.63) is 65.7 Å². The molecule has 0 aliphatic rings. The minimum absolute atomic E-state index is 0.0287. The van der Waals surface area contributed by atoms with Crippen LogP contribution in [0.15, 0.2) is 54.6 Å². The molecule has 3 nitrogen and oxygen atoms in total. The Balaban J connectivity index is 1.91. The van der Waals surface area contributed by atoms with Crippen molar-refractivity contribution in [1.29, 1.82) is 0 Å². The number of carbonyl (C=O) groups excluding carboxylic acids is 1. The molecular formula is C19H23NO2. The first-order valence-electron chi connectivity index (χ1n) is 7.64. The summed E-state index contributed by atoms with van der Waals surface area (Å²) in [6, 6.07) is 17.7. The summed E-state index contributed by atoms with van der Waals surface area (Å²) in [5.41, 5.74) is 2.20. The first-order valence-corrected chi connectivity index (χ1v) is 7.64. The largest absolute Gasteiger partial charge is 0.483 e. The Labute approximate surface area is 132 Å². The zero-order valence-corrected chi connectivity index (χ0v) is 13.4. The first kappa shape index (κ1) is 16.1. The summed E-state index contributed by atoms with van der Waals surface area (Å²) in [6.07, 6.45) is 0. The number of hydrogen-bond acceptors (Lipinski definition) is 2. The third-order valence-corrected chi connectivity index (χ3v) is 3.58. The Morgan fingerprint density at radius 3 is 2.32 bits per heavy atom. The van der Waals surface area contributed by atoms with E-state index in [-0.39, 0.29) is 18.6 Å². The number of para-hydroxylation sites is 1. The highest BCUT2D eigenvalue weighted by molar-refractivity contribution is 5.78. The van der Waals surface area contributed by atoms with E-state index < -0.39 is 0 Å². The van der Waals surface area contributed by atoms with Gasteiger partial charge >= 0.3 is 0 Å². The van der Waals surface area contributed by atoms with Gasteiger partial charge in [-0.2, -0.15) is 0 Å². The second-order valence-corrected chi connectivity index (χ2v) is 5.68. The predicted octanol–water partition coefficient (Wildman–Crippen LogP) is 4.07. The van der Waals surface area contributed by atoms with Crippen molar-refractivity contribution in [1.82, 2.24) is 5.32 Å². The minimum atomic E-state index is -0.116. The minimum Gasteiger partial charge on any atom is -0.483 e. The van der Waals surface area contributed by atoms with Crippen molar-refractivity contribution in [2.75, 3.05) is 6.61 Å². The molecule has 2 rings (SSSR count). The van der Waals surface area contributed by atoms with E-state index in [0.717, 1.165) is 16.9 Å². The van der Waals surface area contributed by atoms with Gasteiger partial charge in [0.15, 0.2) is 6.61 Å². The van der Waals surface area contributed by atoms with E-state index in [0.29, 0.717) is 5.92 Å². The SMILES string of the molecule is CC(C)c1ccccc1OCC(=O)NC(C)c1ccccc1. The second-order valence-electron chi connectivity index (χ2n) is 5.68. The molecule has 0 aromatic heterocycles. The van der Waals surface area contributed by atoms with Crippen LogP contribution in [0.4, 0.5) is 0 Å². The highest BCUT2D eigenvalue weighted by Crippen LogP contribution is 2.25. The van der Waals surface area contributed by atoms with E-state index in [2.05, 4.69) is 19.2 Å². The van der Waals surface area contributed by atoms with Crippen LogP contribution >= 0.6 is 0 Å². The van der Waals surface area contributed by atoms with Crippen LogP contribution in [0, 0.1) is 0 Å². The lowest BCUT2D eigenvalue weighted by atomic mass is 10.0. The molecule has 2 aromatic carbocycles. The smallest absolute Gasteiger partial charge is 0.258 e. The van der Waals surface area contributed by atoms with Gasteiger partial charge in [-0.05, 0) is 30.0 Å². The normalized spacial score (nSPS) is 12.0. The number of benzene rings is 2. The number of amides is 1. The highest BCUT2D eigenvalue weighted by Gasteiger charge is 2.12. The van der Waals surface area contributed by atoms with Crippen LogP contribution in [0.3, 0.4) is 0 Å². The summed E-state index contributed by atoms with van der Waals surface area (Å²) in [7, 11) is 0. The van der Waals surface area contributed by atoms with Gasteiger partial charge in [-0.1, -0.05) is 62.4 Å². The van der Waals surface area contributed by atoms with Crippen molar-refractivity contribution < 1.29 is 9.53 Å². The molecule has 0 saturated heterocycles. The lowest BCUT2D eigenvalue weighted by Gasteiger charge is -2.16. The Morgan fingerprint density at radius 1 is 1.00 bits per heavy atom. The Hall–Kier alpha value is -2.29. The molecule has 0 aliphatic carbocycles. The molecule has 0 aliphatic heterocycles. The third kappa shape index (κ3) is 4.35. The molecule has 1 N–H and O–H groups in total. The van der Waals surface area contributed by atoms with Crippen LogP contribution < -0.4 is 10.1 Å². The number of carbonyl (C=O) groups is 1. The van der Waals surface area contributed by atoms with Crippen molar-refractivity contribution in [3.8, 4) is 5.75 Å². The molecule has 1 amide bonds. The van der Waals surface area contributed by atoms with Crippen LogP contribution in [0.25, 0.3) is 0 Å². The number of hydrogen-bond donors (Lipinski definition) is 1. The molecule has 116 valence electrons. The lowest BCUT2D eigenvalue weighted by Crippen LogP contribution is -2.31. The van der Waals surface area contributed by atoms with Crippen LogP contribution in [0.2, 0.25) is 0 Å². The van der Waals surface area contributed by atoms with Gasteiger partial charge in [0.1, 0.15) is 5.75 Å². The fourth-order valence-electron chi connectivity index (χ4n) is 2.34. The van der Waals surface area contributed by atoms with Gasteiger partial charge in [0.25, 0.3) is 5.91 Å². The molecular weight excluding hydrogens is 274 g/mol. The van der Waals surface area contributed by atoms with E-state index in [1.807, 2.05) is 61.5 Å². The molecule has 0 bridgehead atoms. The van der Waals surface area contributed by atoms with E-state index >= 15 is 0 Å². The molecule has 1 unspecified atom stereocenters. The lowest BCUT2D eigenvalue weighted by molar-refractivity contribution is -0.123. The van der Waals surface area contributed by atoms with Crippen molar-refractivity contribution in [2.45, 2.75) is 32.7 Å². The van der Waals surface area contributed by atoms with Crippen molar-refractivity contribution >= 4 is 5.91 Å². The molecule has 1 atom stereocenters. The fraction of sp³-hybridized carbons (Fsp3) is 0.316. The maximum Gasteiger partial charge on any atom is 0.258 e. The van der Waals surface area contributed by atoms with Gasteiger partial charge in [-0.15, -0.1) is 0 Å². The topological polar surface area (TPSA) is 38.3 Å². The van der Waals surface area contributed by atoms with Gasteiger partial charge in [0, 0.05) is 0 Å². The van der Waals surface area contributed by atoms with Gasteiger partial charge in [-0.25, -0.2) is 0 Å². The number of nitrogens with one attached hydrogen (secondary N) is 1. The van der Waals surface area contributed by atoms with Gasteiger partial charge < -0.3 is 10.1 Å². The Morgan fingerprint density at radius 2 is 1.64 bits per heavy atom. The Bertz CT molecular complexity index is 608. The summed E-state index contributed by atoms with van der Waals surface area (Å²) in [6.45, 7) is 6.22. The van der Waals surface area contributed by atoms with Gasteiger partial charge in [0.2, 0.25) is 0 Å². The van der Waals surface area contributed by atoms with E-state index in [1.54, 1.807) is 0 Å². The van der Waals surface area contributed by atoms with Crippen molar-refractivity contribution in [2.24, 2.45) is 0 Å². The fourth-order valence-corrected chi connectivity index (χ4v) is 2.34. The molecule has 0 saturated carbocycles. The molecule has 0 radical (unpaired) electrons. The molecule has 0 heterocycles. The summed E-state index contributed by atoms with van der Waals surface area (Å²) < 4.78 is 5.68. The summed E-state index contributed by atoms with van der Waals surface area (Å²) in [4.78, 5) is 12.0. The average Bonchev–Trinajstić information content (AvgIpc) is 2.54. The molecule has 0 fully saturated rings. The average molecular weight is 297 g/mol. The number of rotatable bonds is 6. The molecule has 0 spiro atoms. The predicted molar refractivity (Wildman–Crippen MR) is 89.0 cm³/mol. The standard InChI is InChI=1S/C19H23NO2/c1-14(2)17-11-7-8-12-18(17)22-13-19(21)20-15(3)16-9-5-4-6-10-16/h4-12,14-15H,13H2,1-3H3,(H,20,21). The van der Waals surface area contributed by atoms with Gasteiger partial charge in [-0.3, -0.25) is 4.79 Å². The zero-order valence-electron chi connectivity index (χ0n) is 13.4. The van der Waals surface area contributed by atoms with Gasteiger partial charge in [0.05, 0.1) is 6.04 Å². The third-order valence-electron chi connectivity index (χ3n) is 3.58. The first-order chi connectivity index (χ1) is 10.6. The maximum absolute atomic E-state index is 12.0. The van der Waals surface area contributed by atoms with E-state index in [1.165, 1.54) is 0 Å². The monoisotopic (exact) mass is 297 g/mol. The van der Waals surface area contributed by atoms with Crippen LogP contribution in [0.1, 0.15) is 43.9 Å². The van der Waals surface area contributed by atoms with E-state index in [4.69, 9.17) is 4.74 Å². The molecule has 3 heteroatoms. The van der Waals surface area contributed by atoms with Crippen molar-refractivity contribution in [3.63, 3.8) is 0 Å². The summed E-state index contributed by atoms with van der Waals surface area (Å²) >= 11 is 0. The Kier molecular flexibility index (Phi) is 5.59. The number of ether oxygens (including phenoxy) is 1. The van der Waals surface area contributed by atoms with E-state index in [9.17, 15) is 4.79 Å². The molecule has 22 heavy (non-hydrogen) atoms. The quantitative estimate of drug-likeness (QED) is 0.873. The summed E-state index contributed by atoms with van der Waals surface area (Å²) in [5, 5.41) is 2.95. The maximum atomic E-state index is 12.0. The molecule has 2 aromatic rings. The van der Waals surface area contributed by atoms with Crippen LogP contribution in [-0.2, 0) is 4.79 Å². The van der Waals surface area contributed by atoms with Crippen LogP contribution in [0.5, 0.6) is 5.75 Å². The van der Waals surface area contributed by atoms with Crippen LogP contribution in [-0.4, -0.2) is 12.5 Å². The summed E-state index contributed by atoms with van der Waals surface area (Å²) in [5.74, 6) is 1.03.